The Kier molecular flexibility index (Phi) is 4.35. The van der Waals surface area contributed by atoms with Gasteiger partial charge in [-0.15, -0.1) is 0 Å². The second kappa shape index (κ2) is 6.79. The normalized spacial score (nSPS) is 22.1. The first kappa shape index (κ1) is 16.0. The van der Waals surface area contributed by atoms with Crippen LogP contribution in [0.1, 0.15) is 19.3 Å². The zero-order chi connectivity index (χ0) is 17.1. The summed E-state index contributed by atoms with van der Waals surface area (Å²) in [6, 6.07) is 3.95. The third-order valence-corrected chi connectivity index (χ3v) is 4.94. The van der Waals surface area contributed by atoms with Crippen LogP contribution in [0.25, 0.3) is 0 Å². The molecule has 0 saturated carbocycles. The van der Waals surface area contributed by atoms with Crippen LogP contribution < -0.4 is 15.0 Å². The Morgan fingerprint density at radius 2 is 2.00 bits per heavy atom. The van der Waals surface area contributed by atoms with E-state index in [9.17, 15) is 0 Å². The molecule has 2 aromatic heterocycles. The minimum absolute atomic E-state index is 0.0555. The van der Waals surface area contributed by atoms with Crippen molar-refractivity contribution in [1.29, 1.82) is 0 Å². The lowest BCUT2D eigenvalue weighted by molar-refractivity contribution is -0.0148. The highest BCUT2D eigenvalue weighted by Gasteiger charge is 2.43. The monoisotopic (exact) mass is 342 g/mol. The third kappa shape index (κ3) is 3.48. The first-order valence-electron chi connectivity index (χ1n) is 8.55. The van der Waals surface area contributed by atoms with Crippen LogP contribution in [0.4, 0.5) is 11.8 Å². The molecule has 2 aliphatic rings. The van der Waals surface area contributed by atoms with E-state index >= 15 is 0 Å². The summed E-state index contributed by atoms with van der Waals surface area (Å²) in [5, 5.41) is 3.37. The predicted molar refractivity (Wildman–Crippen MR) is 92.8 cm³/mol. The van der Waals surface area contributed by atoms with Gasteiger partial charge in [-0.05, 0) is 25.3 Å². The standard InChI is InChI=1S/C17H22N6O2/c1-24-15-9-14(20-12-21-15)23-7-3-17(4-8-23)10-13(11-25-17)22-16-18-5-2-6-19-16/h2,5-6,9,12-13H,3-4,7-8,10-11H2,1H3,(H,18,19,22). The van der Waals surface area contributed by atoms with Gasteiger partial charge in [0.25, 0.3) is 0 Å². The quantitative estimate of drug-likeness (QED) is 0.895. The fourth-order valence-corrected chi connectivity index (χ4v) is 3.60. The van der Waals surface area contributed by atoms with Gasteiger partial charge in [0.15, 0.2) is 0 Å². The van der Waals surface area contributed by atoms with Gasteiger partial charge in [0.05, 0.1) is 25.4 Å². The Morgan fingerprint density at radius 3 is 2.76 bits per heavy atom. The second-order valence-electron chi connectivity index (χ2n) is 6.52. The zero-order valence-corrected chi connectivity index (χ0v) is 14.3. The van der Waals surface area contributed by atoms with Crippen LogP contribution >= 0.6 is 0 Å². The lowest BCUT2D eigenvalue weighted by atomic mass is 9.87. The number of piperidine rings is 1. The molecule has 4 heterocycles. The molecule has 0 aliphatic carbocycles. The molecular formula is C17H22N6O2. The summed E-state index contributed by atoms with van der Waals surface area (Å²) in [4.78, 5) is 19.2. The maximum atomic E-state index is 6.19. The summed E-state index contributed by atoms with van der Waals surface area (Å²) in [5.41, 5.74) is -0.0555. The van der Waals surface area contributed by atoms with E-state index in [1.54, 1.807) is 25.8 Å². The van der Waals surface area contributed by atoms with Crippen molar-refractivity contribution >= 4 is 11.8 Å². The molecule has 1 unspecified atom stereocenters. The van der Waals surface area contributed by atoms with Crippen molar-refractivity contribution in [2.45, 2.75) is 30.9 Å². The van der Waals surface area contributed by atoms with Gasteiger partial charge < -0.3 is 19.7 Å². The maximum absolute atomic E-state index is 6.19. The van der Waals surface area contributed by atoms with Gasteiger partial charge in [-0.1, -0.05) is 0 Å². The number of anilines is 2. The number of hydrogen-bond donors (Lipinski definition) is 1. The number of nitrogens with zero attached hydrogens (tertiary/aromatic N) is 5. The highest BCUT2D eigenvalue weighted by atomic mass is 16.5. The van der Waals surface area contributed by atoms with E-state index in [2.05, 4.69) is 30.2 Å². The molecule has 0 amide bonds. The van der Waals surface area contributed by atoms with E-state index in [4.69, 9.17) is 9.47 Å². The predicted octanol–water partition coefficient (Wildman–Crippen LogP) is 1.52. The van der Waals surface area contributed by atoms with Crippen molar-refractivity contribution in [3.8, 4) is 5.88 Å². The van der Waals surface area contributed by atoms with Crippen LogP contribution in [0, 0.1) is 0 Å². The number of rotatable bonds is 4. The molecule has 0 aromatic carbocycles. The lowest BCUT2D eigenvalue weighted by Gasteiger charge is -2.39. The molecular weight excluding hydrogens is 320 g/mol. The number of nitrogens with one attached hydrogen (secondary N) is 1. The van der Waals surface area contributed by atoms with Gasteiger partial charge in [0.1, 0.15) is 12.1 Å². The number of ether oxygens (including phenoxy) is 2. The molecule has 4 rings (SSSR count). The van der Waals surface area contributed by atoms with E-state index in [0.29, 0.717) is 18.4 Å². The molecule has 1 N–H and O–H groups in total. The van der Waals surface area contributed by atoms with Crippen LogP contribution in [-0.4, -0.2) is 58.4 Å². The van der Waals surface area contributed by atoms with Crippen LogP contribution in [0.15, 0.2) is 30.9 Å². The molecule has 2 saturated heterocycles. The van der Waals surface area contributed by atoms with Gasteiger partial charge in [-0.25, -0.2) is 19.9 Å². The molecule has 1 atom stereocenters. The second-order valence-corrected chi connectivity index (χ2v) is 6.52. The van der Waals surface area contributed by atoms with Crippen LogP contribution in [-0.2, 0) is 4.74 Å². The summed E-state index contributed by atoms with van der Waals surface area (Å²) >= 11 is 0. The molecule has 8 nitrogen and oxygen atoms in total. The average Bonchev–Trinajstić information content (AvgIpc) is 3.05. The van der Waals surface area contributed by atoms with E-state index in [0.717, 1.165) is 38.2 Å². The first-order valence-corrected chi connectivity index (χ1v) is 8.55. The summed E-state index contributed by atoms with van der Waals surface area (Å²) < 4.78 is 11.4. The lowest BCUT2D eigenvalue weighted by Crippen LogP contribution is -2.44. The van der Waals surface area contributed by atoms with E-state index in [1.165, 1.54) is 0 Å². The van der Waals surface area contributed by atoms with Crippen LogP contribution in [0.2, 0.25) is 0 Å². The van der Waals surface area contributed by atoms with Gasteiger partial charge in [-0.3, -0.25) is 0 Å². The van der Waals surface area contributed by atoms with Crippen molar-refractivity contribution in [2.75, 3.05) is 37.0 Å². The maximum Gasteiger partial charge on any atom is 0.222 e. The van der Waals surface area contributed by atoms with E-state index < -0.39 is 0 Å². The van der Waals surface area contributed by atoms with Gasteiger partial charge in [0.2, 0.25) is 11.8 Å². The third-order valence-electron chi connectivity index (χ3n) is 4.94. The number of hydrogen-bond acceptors (Lipinski definition) is 8. The number of aromatic nitrogens is 4. The Balaban J connectivity index is 1.35. The fraction of sp³-hybridized carbons (Fsp3) is 0.529. The summed E-state index contributed by atoms with van der Waals surface area (Å²) in [5.74, 6) is 2.17. The SMILES string of the molecule is COc1cc(N2CCC3(CC2)CC(Nc2ncccn2)CO3)ncn1. The smallest absolute Gasteiger partial charge is 0.222 e. The molecule has 132 valence electrons. The van der Waals surface area contributed by atoms with Crippen molar-refractivity contribution in [3.05, 3.63) is 30.9 Å². The van der Waals surface area contributed by atoms with Crippen molar-refractivity contribution in [1.82, 2.24) is 19.9 Å². The van der Waals surface area contributed by atoms with E-state index in [1.807, 2.05) is 12.1 Å². The Labute approximate surface area is 146 Å². The molecule has 8 heteroatoms. The fourth-order valence-electron chi connectivity index (χ4n) is 3.60. The summed E-state index contributed by atoms with van der Waals surface area (Å²) in [6.45, 7) is 2.52. The van der Waals surface area contributed by atoms with Crippen molar-refractivity contribution in [3.63, 3.8) is 0 Å². The molecule has 0 bridgehead atoms. The van der Waals surface area contributed by atoms with Gasteiger partial charge in [-0.2, -0.15) is 0 Å². The minimum atomic E-state index is -0.0555. The van der Waals surface area contributed by atoms with Crippen LogP contribution in [0.3, 0.4) is 0 Å². The largest absolute Gasteiger partial charge is 0.481 e. The Hall–Kier alpha value is -2.48. The minimum Gasteiger partial charge on any atom is -0.481 e. The van der Waals surface area contributed by atoms with Gasteiger partial charge >= 0.3 is 0 Å². The molecule has 1 spiro atoms. The average molecular weight is 342 g/mol. The van der Waals surface area contributed by atoms with Gasteiger partial charge in [0, 0.05) is 31.5 Å². The molecule has 2 aliphatic heterocycles. The molecule has 2 fully saturated rings. The topological polar surface area (TPSA) is 85.3 Å². The first-order chi connectivity index (χ1) is 12.3. The van der Waals surface area contributed by atoms with Crippen molar-refractivity contribution < 1.29 is 9.47 Å². The summed E-state index contributed by atoms with van der Waals surface area (Å²) in [6.07, 6.45) is 7.97. The molecule has 2 aromatic rings. The zero-order valence-electron chi connectivity index (χ0n) is 14.3. The van der Waals surface area contributed by atoms with Crippen molar-refractivity contribution in [2.24, 2.45) is 0 Å². The Morgan fingerprint density at radius 1 is 1.20 bits per heavy atom. The number of methoxy groups -OCH3 is 1. The molecule has 0 radical (unpaired) electrons. The Bertz CT molecular complexity index is 705. The van der Waals surface area contributed by atoms with Crippen LogP contribution in [0.5, 0.6) is 5.88 Å². The summed E-state index contributed by atoms with van der Waals surface area (Å²) in [7, 11) is 1.62. The van der Waals surface area contributed by atoms with E-state index in [-0.39, 0.29) is 11.6 Å². The highest BCUT2D eigenvalue weighted by molar-refractivity contribution is 5.41. The highest BCUT2D eigenvalue weighted by Crippen LogP contribution is 2.37. The molecule has 25 heavy (non-hydrogen) atoms.